The third-order valence-corrected chi connectivity index (χ3v) is 4.24. The quantitative estimate of drug-likeness (QED) is 0.542. The van der Waals surface area contributed by atoms with Crippen LogP contribution < -0.4 is 21.6 Å². The number of halogens is 1. The molecule has 3 N–H and O–H groups in total. The summed E-state index contributed by atoms with van der Waals surface area (Å²) < 4.78 is 6.79. The molecule has 2 aromatic heterocycles. The molecule has 122 valence electrons. The highest BCUT2D eigenvalue weighted by Crippen LogP contribution is 2.23. The molecular formula is C15H15BClN5O2. The maximum absolute atomic E-state index is 12.3. The number of fused-ring (bicyclic) bond motifs is 1. The number of methoxy groups -OCH3 is 1. The van der Waals surface area contributed by atoms with E-state index in [1.807, 2.05) is 19.9 Å². The lowest BCUT2D eigenvalue weighted by atomic mass is 9.84. The Kier molecular flexibility index (Phi) is 4.00. The molecule has 0 unspecified atom stereocenters. The van der Waals surface area contributed by atoms with E-state index in [0.29, 0.717) is 16.6 Å². The first kappa shape index (κ1) is 16.4. The largest absolute Gasteiger partial charge is 0.496 e. The zero-order valence-corrected chi connectivity index (χ0v) is 14.2. The zero-order chi connectivity index (χ0) is 17.6. The number of nitrogens with one attached hydrogen (secondary N) is 1. The van der Waals surface area contributed by atoms with E-state index in [4.69, 9.17) is 29.9 Å². The molecule has 0 atom stereocenters. The summed E-state index contributed by atoms with van der Waals surface area (Å²) in [7, 11) is 7.81. The van der Waals surface area contributed by atoms with E-state index < -0.39 is 0 Å². The highest BCUT2D eigenvalue weighted by atomic mass is 35.5. The first-order chi connectivity index (χ1) is 11.3. The van der Waals surface area contributed by atoms with Crippen molar-refractivity contribution in [2.75, 3.05) is 12.8 Å². The van der Waals surface area contributed by atoms with Crippen LogP contribution in [0.4, 0.5) is 5.95 Å². The van der Waals surface area contributed by atoms with Gasteiger partial charge in [0, 0.05) is 0 Å². The number of hydrogen-bond donors (Lipinski definition) is 2. The number of nitrogens with zero attached hydrogens (tertiary/aromatic N) is 3. The van der Waals surface area contributed by atoms with Gasteiger partial charge < -0.3 is 15.5 Å². The topological polar surface area (TPSA) is 98.8 Å². The van der Waals surface area contributed by atoms with Crippen LogP contribution in [-0.2, 0) is 6.54 Å². The number of benzene rings is 1. The summed E-state index contributed by atoms with van der Waals surface area (Å²) in [6.45, 7) is 4.02. The van der Waals surface area contributed by atoms with Gasteiger partial charge in [-0.3, -0.25) is 4.57 Å². The van der Waals surface area contributed by atoms with E-state index in [-0.39, 0.29) is 23.3 Å². The number of anilines is 1. The number of aromatic nitrogens is 4. The van der Waals surface area contributed by atoms with Crippen molar-refractivity contribution in [2.24, 2.45) is 0 Å². The molecule has 3 rings (SSSR count). The summed E-state index contributed by atoms with van der Waals surface area (Å²) in [6.07, 6.45) is 0. The summed E-state index contributed by atoms with van der Waals surface area (Å²) in [5.41, 5.74) is 9.05. The molecule has 9 heteroatoms. The molecule has 2 radical (unpaired) electrons. The Morgan fingerprint density at radius 3 is 2.79 bits per heavy atom. The highest BCUT2D eigenvalue weighted by Gasteiger charge is 2.16. The molecule has 7 nitrogen and oxygen atoms in total. The minimum absolute atomic E-state index is 0.00434. The van der Waals surface area contributed by atoms with Crippen LogP contribution in [0.1, 0.15) is 16.7 Å². The molecule has 0 aliphatic rings. The van der Waals surface area contributed by atoms with Crippen LogP contribution in [0.15, 0.2) is 10.9 Å². The second-order valence-corrected chi connectivity index (χ2v) is 5.87. The lowest BCUT2D eigenvalue weighted by Crippen LogP contribution is -2.24. The lowest BCUT2D eigenvalue weighted by molar-refractivity contribution is 0.409. The Hall–Kier alpha value is -2.48. The highest BCUT2D eigenvalue weighted by molar-refractivity contribution is 6.34. The number of aryl methyl sites for hydroxylation is 1. The predicted octanol–water partition coefficient (Wildman–Crippen LogP) is 0.823. The van der Waals surface area contributed by atoms with Crippen LogP contribution >= 0.6 is 11.6 Å². The van der Waals surface area contributed by atoms with Crippen LogP contribution in [0.2, 0.25) is 5.15 Å². The van der Waals surface area contributed by atoms with Crippen molar-refractivity contribution < 1.29 is 4.74 Å². The Morgan fingerprint density at radius 1 is 1.42 bits per heavy atom. The predicted molar refractivity (Wildman–Crippen MR) is 94.5 cm³/mol. The van der Waals surface area contributed by atoms with Gasteiger partial charge in [-0.25, -0.2) is 4.79 Å². The molecule has 3 aromatic rings. The molecule has 0 saturated heterocycles. The van der Waals surface area contributed by atoms with Gasteiger partial charge in [-0.05, 0) is 30.5 Å². The van der Waals surface area contributed by atoms with Crippen LogP contribution in [0, 0.1) is 13.8 Å². The van der Waals surface area contributed by atoms with E-state index >= 15 is 0 Å². The summed E-state index contributed by atoms with van der Waals surface area (Å²) in [5, 5.41) is 0.100. The van der Waals surface area contributed by atoms with Gasteiger partial charge in [0.15, 0.2) is 10.8 Å². The van der Waals surface area contributed by atoms with Crippen molar-refractivity contribution in [3.63, 3.8) is 0 Å². The number of hydrogen-bond acceptors (Lipinski definition) is 5. The molecule has 0 aliphatic heterocycles. The normalized spacial score (nSPS) is 11.2. The van der Waals surface area contributed by atoms with Gasteiger partial charge in [-0.1, -0.05) is 23.1 Å². The summed E-state index contributed by atoms with van der Waals surface area (Å²) >= 11 is 6.02. The summed E-state index contributed by atoms with van der Waals surface area (Å²) in [5.74, 6) is 0.729. The number of nitrogen functional groups attached to an aromatic ring is 1. The Balaban J connectivity index is 2.18. The number of aromatic amines is 1. The smallest absolute Gasteiger partial charge is 0.328 e. The first-order valence-electron chi connectivity index (χ1n) is 7.17. The Bertz CT molecular complexity index is 1010. The van der Waals surface area contributed by atoms with Crippen LogP contribution in [0.25, 0.3) is 11.2 Å². The van der Waals surface area contributed by atoms with Gasteiger partial charge in [0.2, 0.25) is 5.95 Å². The number of ether oxygens (including phenoxy) is 1. The third-order valence-electron chi connectivity index (χ3n) is 3.97. The van der Waals surface area contributed by atoms with Crippen molar-refractivity contribution in [1.82, 2.24) is 19.5 Å². The SMILES string of the molecule is [B]c1c(Cn2c(=O)[nH]c3c(Cl)nc(N)nc32)cc(C)c(OC)c1C. The van der Waals surface area contributed by atoms with E-state index in [0.717, 1.165) is 22.4 Å². The van der Waals surface area contributed by atoms with Crippen molar-refractivity contribution in [3.05, 3.63) is 38.4 Å². The fourth-order valence-corrected chi connectivity index (χ4v) is 3.06. The van der Waals surface area contributed by atoms with Crippen molar-refractivity contribution in [1.29, 1.82) is 0 Å². The van der Waals surface area contributed by atoms with E-state index in [1.54, 1.807) is 7.11 Å². The van der Waals surface area contributed by atoms with Crippen LogP contribution in [-0.4, -0.2) is 34.5 Å². The Morgan fingerprint density at radius 2 is 2.12 bits per heavy atom. The fourth-order valence-electron chi connectivity index (χ4n) is 2.84. The Labute approximate surface area is 144 Å². The standard InChI is InChI=1S/C15H15BClN5O2/c1-6-4-8(9(16)7(2)11(6)24-3)5-22-13-10(19-15(22)23)12(17)20-14(18)21-13/h4H,5H2,1-3H3,(H,19,23)(H2,18,20,21). The molecule has 0 bridgehead atoms. The molecule has 0 amide bonds. The average Bonchev–Trinajstić information content (AvgIpc) is 2.82. The number of rotatable bonds is 3. The van der Waals surface area contributed by atoms with E-state index in [2.05, 4.69) is 15.0 Å². The monoisotopic (exact) mass is 343 g/mol. The van der Waals surface area contributed by atoms with Gasteiger partial charge in [-0.15, -0.1) is 0 Å². The molecule has 0 saturated carbocycles. The van der Waals surface area contributed by atoms with Gasteiger partial charge >= 0.3 is 5.69 Å². The molecule has 1 aromatic carbocycles. The number of imidazole rings is 1. The maximum Gasteiger partial charge on any atom is 0.328 e. The summed E-state index contributed by atoms with van der Waals surface area (Å²) in [6, 6.07) is 1.89. The van der Waals surface area contributed by atoms with Gasteiger partial charge in [-0.2, -0.15) is 9.97 Å². The molecule has 2 heterocycles. The fraction of sp³-hybridized carbons (Fsp3) is 0.267. The second kappa shape index (κ2) is 5.87. The van der Waals surface area contributed by atoms with Crippen molar-refractivity contribution in [3.8, 4) is 5.75 Å². The minimum atomic E-state index is -0.364. The second-order valence-electron chi connectivity index (χ2n) is 5.51. The van der Waals surface area contributed by atoms with Crippen LogP contribution in [0.5, 0.6) is 5.75 Å². The molecule has 0 spiro atoms. The first-order valence-corrected chi connectivity index (χ1v) is 7.55. The average molecular weight is 344 g/mol. The third kappa shape index (κ3) is 2.52. The molecule has 24 heavy (non-hydrogen) atoms. The summed E-state index contributed by atoms with van der Waals surface area (Å²) in [4.78, 5) is 22.9. The van der Waals surface area contributed by atoms with Crippen LogP contribution in [0.3, 0.4) is 0 Å². The molecule has 0 fully saturated rings. The zero-order valence-electron chi connectivity index (χ0n) is 13.5. The maximum atomic E-state index is 12.3. The van der Waals surface area contributed by atoms with E-state index in [9.17, 15) is 4.79 Å². The van der Waals surface area contributed by atoms with Gasteiger partial charge in [0.1, 0.15) is 19.1 Å². The minimum Gasteiger partial charge on any atom is -0.496 e. The van der Waals surface area contributed by atoms with Gasteiger partial charge in [0.25, 0.3) is 0 Å². The van der Waals surface area contributed by atoms with Crippen molar-refractivity contribution in [2.45, 2.75) is 20.4 Å². The molecule has 0 aliphatic carbocycles. The van der Waals surface area contributed by atoms with E-state index in [1.165, 1.54) is 4.57 Å². The lowest BCUT2D eigenvalue weighted by Gasteiger charge is -2.16. The number of nitrogens with two attached hydrogens (primary N) is 1. The number of H-pyrrole nitrogens is 1. The van der Waals surface area contributed by atoms with Crippen molar-refractivity contribution >= 4 is 42.0 Å². The van der Waals surface area contributed by atoms with Gasteiger partial charge in [0.05, 0.1) is 13.7 Å². The molecular weight excluding hydrogens is 328 g/mol.